The molecule has 5 heterocycles. The molecule has 3 fully saturated rings. The fourth-order valence-electron chi connectivity index (χ4n) is 5.92. The van der Waals surface area contributed by atoms with Crippen LogP contribution in [0.4, 0.5) is 24.8 Å². The van der Waals surface area contributed by atoms with Crippen LogP contribution in [0.2, 0.25) is 0 Å². The Hall–Kier alpha value is -2.71. The lowest BCUT2D eigenvalue weighted by molar-refractivity contribution is -0.137. The number of aryl methyl sites for hydroxylation is 1. The molecular weight excluding hydrogens is 612 g/mol. The lowest BCUT2D eigenvalue weighted by Crippen LogP contribution is -2.50. The second-order valence-corrected chi connectivity index (χ2v) is 14.3. The van der Waals surface area contributed by atoms with Crippen LogP contribution in [0.1, 0.15) is 45.9 Å². The van der Waals surface area contributed by atoms with E-state index in [1.807, 2.05) is 6.92 Å². The third-order valence-electron chi connectivity index (χ3n) is 8.85. The molecule has 3 aromatic rings. The van der Waals surface area contributed by atoms with Crippen molar-refractivity contribution < 1.29 is 27.4 Å². The van der Waals surface area contributed by atoms with E-state index in [4.69, 9.17) is 9.47 Å². The topological polar surface area (TPSA) is 79.8 Å². The standard InChI is InChI=1S/C31H34F3N5O3S2/c1-18-27(43-7-6-39(17-40)23-15-42-16-23)10-28(44-18)29-25(31(32,33)34)11-35-30(37-29)36-26-9-20-4-5-38(22-13-41-14-22)12-21(20)8-24(26)19-2-3-19/h8-11,17,19,22-23H,2-7,12-16H2,1H3,(H,35,36,37). The summed E-state index contributed by atoms with van der Waals surface area (Å²) >= 11 is 2.82. The molecule has 13 heteroatoms. The largest absolute Gasteiger partial charge is 0.420 e. The van der Waals surface area contributed by atoms with Gasteiger partial charge >= 0.3 is 6.18 Å². The fraction of sp³-hybridized carbons (Fsp3) is 0.516. The van der Waals surface area contributed by atoms with Gasteiger partial charge in [0, 0.05) is 47.0 Å². The lowest BCUT2D eigenvalue weighted by atomic mass is 9.93. The van der Waals surface area contributed by atoms with Crippen LogP contribution in [0, 0.1) is 6.92 Å². The van der Waals surface area contributed by atoms with E-state index < -0.39 is 11.7 Å². The highest BCUT2D eigenvalue weighted by atomic mass is 32.2. The maximum Gasteiger partial charge on any atom is 0.420 e. The van der Waals surface area contributed by atoms with Crippen LogP contribution in [-0.4, -0.2) is 83.5 Å². The summed E-state index contributed by atoms with van der Waals surface area (Å²) in [5.74, 6) is 1.22. The van der Waals surface area contributed by atoms with Crippen LogP contribution >= 0.6 is 23.1 Å². The second-order valence-electron chi connectivity index (χ2n) is 11.9. The zero-order chi connectivity index (χ0) is 30.4. The number of hydrogen-bond acceptors (Lipinski definition) is 9. The number of halogens is 3. The summed E-state index contributed by atoms with van der Waals surface area (Å²) in [6.45, 7) is 6.95. The van der Waals surface area contributed by atoms with Crippen molar-refractivity contribution in [2.24, 2.45) is 0 Å². The average molecular weight is 646 g/mol. The smallest absolute Gasteiger partial charge is 0.378 e. The van der Waals surface area contributed by atoms with Gasteiger partial charge in [-0.15, -0.1) is 23.1 Å². The van der Waals surface area contributed by atoms with Gasteiger partial charge < -0.3 is 19.7 Å². The number of aromatic nitrogens is 2. The number of benzene rings is 1. The van der Waals surface area contributed by atoms with E-state index in [0.29, 0.717) is 42.3 Å². The van der Waals surface area contributed by atoms with Gasteiger partial charge in [0.15, 0.2) is 0 Å². The summed E-state index contributed by atoms with van der Waals surface area (Å²) in [7, 11) is 0. The first kappa shape index (κ1) is 30.0. The minimum Gasteiger partial charge on any atom is -0.378 e. The second kappa shape index (κ2) is 12.2. The molecule has 44 heavy (non-hydrogen) atoms. The molecular formula is C31H34F3N5O3S2. The molecule has 0 bridgehead atoms. The van der Waals surface area contributed by atoms with E-state index in [9.17, 15) is 18.0 Å². The molecule has 3 aliphatic heterocycles. The number of nitrogens with one attached hydrogen (secondary N) is 1. The van der Waals surface area contributed by atoms with Crippen LogP contribution < -0.4 is 5.32 Å². The molecule has 4 aliphatic rings. The van der Waals surface area contributed by atoms with Crippen molar-refractivity contribution in [3.63, 3.8) is 0 Å². The van der Waals surface area contributed by atoms with Gasteiger partial charge in [0.05, 0.1) is 49.1 Å². The number of carbonyl (C=O) groups excluding carboxylic acids is 1. The van der Waals surface area contributed by atoms with Crippen LogP contribution in [0.5, 0.6) is 0 Å². The first-order valence-corrected chi connectivity index (χ1v) is 16.8. The number of anilines is 2. The maximum absolute atomic E-state index is 14.2. The quantitative estimate of drug-likeness (QED) is 0.205. The van der Waals surface area contributed by atoms with E-state index in [0.717, 1.165) is 73.6 Å². The Balaban J connectivity index is 1.13. The number of hydrogen-bond donors (Lipinski definition) is 1. The van der Waals surface area contributed by atoms with Crippen molar-refractivity contribution >= 4 is 41.1 Å². The van der Waals surface area contributed by atoms with Crippen molar-refractivity contribution in [2.75, 3.05) is 50.6 Å². The summed E-state index contributed by atoms with van der Waals surface area (Å²) in [5.41, 5.74) is 3.66. The van der Waals surface area contributed by atoms with E-state index >= 15 is 0 Å². The molecule has 2 saturated heterocycles. The van der Waals surface area contributed by atoms with Gasteiger partial charge in [-0.05, 0) is 60.9 Å². The Morgan fingerprint density at radius 1 is 1.16 bits per heavy atom. The summed E-state index contributed by atoms with van der Waals surface area (Å²) in [6.07, 6.45) is 0.237. The average Bonchev–Trinajstić information content (AvgIpc) is 3.72. The normalized spacial score (nSPS) is 19.3. The summed E-state index contributed by atoms with van der Waals surface area (Å²) in [5, 5.41) is 3.31. The number of thioether (sulfide) groups is 1. The van der Waals surface area contributed by atoms with Crippen LogP contribution in [0.3, 0.4) is 0 Å². The zero-order valence-electron chi connectivity index (χ0n) is 24.4. The highest BCUT2D eigenvalue weighted by Gasteiger charge is 2.37. The molecule has 7 rings (SSSR count). The number of nitrogens with zero attached hydrogens (tertiary/aromatic N) is 4. The molecule has 1 N–H and O–H groups in total. The van der Waals surface area contributed by atoms with E-state index in [1.54, 1.807) is 11.0 Å². The number of thiophene rings is 1. The minimum absolute atomic E-state index is 0.0983. The van der Waals surface area contributed by atoms with Crippen molar-refractivity contribution in [3.05, 3.63) is 51.5 Å². The van der Waals surface area contributed by atoms with Gasteiger partial charge in [-0.1, -0.05) is 6.07 Å². The molecule has 0 spiro atoms. The predicted molar refractivity (Wildman–Crippen MR) is 164 cm³/mol. The molecule has 8 nitrogen and oxygen atoms in total. The number of ether oxygens (including phenoxy) is 2. The first-order valence-electron chi connectivity index (χ1n) is 15.0. The van der Waals surface area contributed by atoms with Gasteiger partial charge in [0.2, 0.25) is 12.4 Å². The monoisotopic (exact) mass is 645 g/mol. The Morgan fingerprint density at radius 2 is 1.95 bits per heavy atom. The van der Waals surface area contributed by atoms with Gasteiger partial charge in [-0.2, -0.15) is 13.2 Å². The molecule has 1 amide bonds. The number of fused-ring (bicyclic) bond motifs is 1. The van der Waals surface area contributed by atoms with Gasteiger partial charge in [0.25, 0.3) is 0 Å². The van der Waals surface area contributed by atoms with Gasteiger partial charge in [-0.25, -0.2) is 9.97 Å². The maximum atomic E-state index is 14.2. The molecule has 234 valence electrons. The molecule has 1 saturated carbocycles. The van der Waals surface area contributed by atoms with Crippen molar-refractivity contribution in [1.82, 2.24) is 19.8 Å². The van der Waals surface area contributed by atoms with Gasteiger partial charge in [0.1, 0.15) is 5.56 Å². The Morgan fingerprint density at radius 3 is 2.61 bits per heavy atom. The number of rotatable bonds is 11. The Kier molecular flexibility index (Phi) is 8.34. The molecule has 0 unspecified atom stereocenters. The summed E-state index contributed by atoms with van der Waals surface area (Å²) < 4.78 is 53.1. The van der Waals surface area contributed by atoms with E-state index in [2.05, 4.69) is 32.3 Å². The summed E-state index contributed by atoms with van der Waals surface area (Å²) in [6, 6.07) is 6.79. The van der Waals surface area contributed by atoms with E-state index in [1.165, 1.54) is 39.8 Å². The molecule has 1 aliphatic carbocycles. The third-order valence-corrected chi connectivity index (χ3v) is 11.2. The SMILES string of the molecule is Cc1sc(-c2nc(Nc3cc4c(cc3C3CC3)CN(C3COC3)CC4)ncc2C(F)(F)F)cc1SCCN(C=O)C1COC1. The lowest BCUT2D eigenvalue weighted by Gasteiger charge is -2.40. The minimum atomic E-state index is -4.60. The zero-order valence-corrected chi connectivity index (χ0v) is 26.0. The molecule has 0 atom stereocenters. The highest BCUT2D eigenvalue weighted by molar-refractivity contribution is 7.99. The Bertz CT molecular complexity index is 1540. The van der Waals surface area contributed by atoms with Crippen LogP contribution in [-0.2, 0) is 33.4 Å². The first-order chi connectivity index (χ1) is 21.3. The molecule has 1 aromatic carbocycles. The van der Waals surface area contributed by atoms with E-state index in [-0.39, 0.29) is 17.7 Å². The molecule has 2 aromatic heterocycles. The molecule has 0 radical (unpaired) electrons. The van der Waals surface area contributed by atoms with Crippen molar-refractivity contribution in [1.29, 1.82) is 0 Å². The highest BCUT2D eigenvalue weighted by Crippen LogP contribution is 2.46. The van der Waals surface area contributed by atoms with Gasteiger partial charge in [-0.3, -0.25) is 9.69 Å². The third kappa shape index (κ3) is 6.21. The summed E-state index contributed by atoms with van der Waals surface area (Å²) in [4.78, 5) is 26.5. The van der Waals surface area contributed by atoms with Crippen LogP contribution in [0.15, 0.2) is 29.3 Å². The number of amides is 1. The number of alkyl halides is 3. The predicted octanol–water partition coefficient (Wildman–Crippen LogP) is 5.86. The van der Waals surface area contributed by atoms with Crippen molar-refractivity contribution in [2.45, 2.75) is 61.8 Å². The number of carbonyl (C=O) groups is 1. The van der Waals surface area contributed by atoms with Crippen LogP contribution in [0.25, 0.3) is 10.6 Å². The Labute approximate surface area is 262 Å². The van der Waals surface area contributed by atoms with Crippen molar-refractivity contribution in [3.8, 4) is 10.6 Å². The fourth-order valence-corrected chi connectivity index (χ4v) is 8.14.